The average Bonchev–Trinajstić information content (AvgIpc) is 3.55. The van der Waals surface area contributed by atoms with Crippen molar-refractivity contribution in [2.45, 2.75) is 23.8 Å². The number of carbonyl (C=O) groups excluding carboxylic acids is 1. The zero-order valence-electron chi connectivity index (χ0n) is 16.4. The molecule has 8 nitrogen and oxygen atoms in total. The third-order valence-corrected chi connectivity index (χ3v) is 6.15. The van der Waals surface area contributed by atoms with Crippen LogP contribution in [0.5, 0.6) is 17.2 Å². The van der Waals surface area contributed by atoms with Crippen molar-refractivity contribution >= 4 is 27.7 Å². The van der Waals surface area contributed by atoms with Crippen molar-refractivity contribution in [3.05, 3.63) is 48.0 Å². The highest BCUT2D eigenvalue weighted by atomic mass is 32.2. The van der Waals surface area contributed by atoms with Crippen LogP contribution in [0.25, 0.3) is 6.08 Å². The fraction of sp³-hybridized carbons (Fsp3) is 0.286. The number of carbonyl (C=O) groups is 1. The summed E-state index contributed by atoms with van der Waals surface area (Å²) in [7, 11) is -2.19. The molecule has 0 radical (unpaired) electrons. The van der Waals surface area contributed by atoms with Crippen LogP contribution < -0.4 is 24.2 Å². The molecule has 2 aromatic rings. The number of amides is 1. The van der Waals surface area contributed by atoms with Crippen LogP contribution in [0.4, 0.5) is 5.69 Å². The second-order valence-corrected chi connectivity index (χ2v) is 8.70. The molecule has 1 aliphatic carbocycles. The fourth-order valence-corrected chi connectivity index (χ4v) is 4.28. The van der Waals surface area contributed by atoms with Gasteiger partial charge in [-0.25, -0.2) is 13.1 Å². The van der Waals surface area contributed by atoms with Crippen LogP contribution in [0.2, 0.25) is 0 Å². The maximum atomic E-state index is 12.4. The van der Waals surface area contributed by atoms with Gasteiger partial charge in [0.15, 0.2) is 11.5 Å². The second-order valence-electron chi connectivity index (χ2n) is 6.98. The molecule has 158 valence electrons. The van der Waals surface area contributed by atoms with Gasteiger partial charge in [0.1, 0.15) is 19.0 Å². The van der Waals surface area contributed by atoms with Crippen LogP contribution in [-0.4, -0.2) is 40.7 Å². The normalized spacial score (nSPS) is 15.8. The minimum atomic E-state index is -3.65. The molecular formula is C21H22N2O6S. The van der Waals surface area contributed by atoms with E-state index in [0.717, 1.165) is 18.4 Å². The second kappa shape index (κ2) is 8.37. The van der Waals surface area contributed by atoms with Gasteiger partial charge in [-0.2, -0.15) is 0 Å². The Labute approximate surface area is 174 Å². The van der Waals surface area contributed by atoms with E-state index >= 15 is 0 Å². The standard InChI is InChI=1S/C21H22N2O6S/c1-27-18-8-6-16(30(25,26)23-15-4-5-15)13-17(18)22-21(24)9-3-14-2-7-19-20(12-14)29-11-10-28-19/h2-3,6-9,12-13,15,23H,4-5,10-11H2,1H3,(H,22,24)/b9-3+. The number of hydrogen-bond acceptors (Lipinski definition) is 6. The Hall–Kier alpha value is -3.04. The third kappa shape index (κ3) is 4.74. The lowest BCUT2D eigenvalue weighted by atomic mass is 10.2. The van der Waals surface area contributed by atoms with E-state index in [4.69, 9.17) is 14.2 Å². The lowest BCUT2D eigenvalue weighted by Crippen LogP contribution is -2.25. The molecule has 2 aliphatic rings. The Morgan fingerprint density at radius 3 is 2.60 bits per heavy atom. The van der Waals surface area contributed by atoms with E-state index < -0.39 is 15.9 Å². The van der Waals surface area contributed by atoms with Crippen molar-refractivity contribution in [3.8, 4) is 17.2 Å². The van der Waals surface area contributed by atoms with Crippen LogP contribution >= 0.6 is 0 Å². The molecule has 30 heavy (non-hydrogen) atoms. The Kier molecular flexibility index (Phi) is 5.65. The minimum Gasteiger partial charge on any atom is -0.495 e. The molecule has 1 heterocycles. The summed E-state index contributed by atoms with van der Waals surface area (Å²) in [5.41, 5.74) is 1.04. The van der Waals surface area contributed by atoms with E-state index in [1.165, 1.54) is 31.4 Å². The molecule has 0 spiro atoms. The van der Waals surface area contributed by atoms with Gasteiger partial charge in [0, 0.05) is 12.1 Å². The van der Waals surface area contributed by atoms with Gasteiger partial charge >= 0.3 is 0 Å². The number of methoxy groups -OCH3 is 1. The first kappa shape index (κ1) is 20.2. The van der Waals surface area contributed by atoms with E-state index in [-0.39, 0.29) is 16.6 Å². The number of nitrogens with one attached hydrogen (secondary N) is 2. The summed E-state index contributed by atoms with van der Waals surface area (Å²) in [5, 5.41) is 2.68. The lowest BCUT2D eigenvalue weighted by molar-refractivity contribution is -0.111. The van der Waals surface area contributed by atoms with Gasteiger partial charge in [-0.05, 0) is 54.8 Å². The maximum Gasteiger partial charge on any atom is 0.248 e. The van der Waals surface area contributed by atoms with Gasteiger partial charge in [-0.1, -0.05) is 6.07 Å². The van der Waals surface area contributed by atoms with Crippen molar-refractivity contribution in [3.63, 3.8) is 0 Å². The number of benzene rings is 2. The monoisotopic (exact) mass is 430 g/mol. The molecular weight excluding hydrogens is 408 g/mol. The molecule has 0 atom stereocenters. The number of anilines is 1. The van der Waals surface area contributed by atoms with E-state index in [1.54, 1.807) is 18.2 Å². The van der Waals surface area contributed by atoms with Gasteiger partial charge < -0.3 is 19.5 Å². The number of ether oxygens (including phenoxy) is 3. The molecule has 0 unspecified atom stereocenters. The van der Waals surface area contributed by atoms with Crippen LogP contribution in [0, 0.1) is 0 Å². The predicted molar refractivity (Wildman–Crippen MR) is 111 cm³/mol. The Balaban J connectivity index is 1.49. The Morgan fingerprint density at radius 1 is 1.10 bits per heavy atom. The number of hydrogen-bond donors (Lipinski definition) is 2. The summed E-state index contributed by atoms with van der Waals surface area (Å²) < 4.78 is 43.8. The van der Waals surface area contributed by atoms with Crippen molar-refractivity contribution < 1.29 is 27.4 Å². The van der Waals surface area contributed by atoms with Gasteiger partial charge in [-0.15, -0.1) is 0 Å². The van der Waals surface area contributed by atoms with Crippen LogP contribution in [-0.2, 0) is 14.8 Å². The molecule has 1 fully saturated rings. The molecule has 1 aliphatic heterocycles. The SMILES string of the molecule is COc1ccc(S(=O)(=O)NC2CC2)cc1NC(=O)/C=C/c1ccc2c(c1)OCCO2. The fourth-order valence-electron chi connectivity index (χ4n) is 2.95. The highest BCUT2D eigenvalue weighted by Gasteiger charge is 2.28. The van der Waals surface area contributed by atoms with Crippen molar-refractivity contribution in [1.29, 1.82) is 0 Å². The van der Waals surface area contributed by atoms with Crippen molar-refractivity contribution in [2.24, 2.45) is 0 Å². The van der Waals surface area contributed by atoms with E-state index in [0.29, 0.717) is 30.5 Å². The molecule has 0 aromatic heterocycles. The summed E-state index contributed by atoms with van der Waals surface area (Å²) >= 11 is 0. The topological polar surface area (TPSA) is 103 Å². The molecule has 2 N–H and O–H groups in total. The number of fused-ring (bicyclic) bond motifs is 1. The first-order valence-corrected chi connectivity index (χ1v) is 11.0. The van der Waals surface area contributed by atoms with Crippen LogP contribution in [0.15, 0.2) is 47.4 Å². The number of rotatable bonds is 7. The van der Waals surface area contributed by atoms with Gasteiger partial charge in [-0.3, -0.25) is 4.79 Å². The van der Waals surface area contributed by atoms with Crippen molar-refractivity contribution in [1.82, 2.24) is 4.72 Å². The molecule has 0 bridgehead atoms. The third-order valence-electron chi connectivity index (χ3n) is 4.63. The van der Waals surface area contributed by atoms with Gasteiger partial charge in [0.05, 0.1) is 17.7 Å². The van der Waals surface area contributed by atoms with Gasteiger partial charge in [0.25, 0.3) is 0 Å². The molecule has 4 rings (SSSR count). The first-order chi connectivity index (χ1) is 14.4. The quantitative estimate of drug-likeness (QED) is 0.655. The zero-order chi connectivity index (χ0) is 21.1. The van der Waals surface area contributed by atoms with E-state index in [2.05, 4.69) is 10.0 Å². The predicted octanol–water partition coefficient (Wildman–Crippen LogP) is 2.56. The highest BCUT2D eigenvalue weighted by Crippen LogP contribution is 2.31. The summed E-state index contributed by atoms with van der Waals surface area (Å²) in [4.78, 5) is 12.5. The zero-order valence-corrected chi connectivity index (χ0v) is 17.2. The molecule has 1 saturated carbocycles. The largest absolute Gasteiger partial charge is 0.495 e. The lowest BCUT2D eigenvalue weighted by Gasteiger charge is -2.18. The summed E-state index contributed by atoms with van der Waals surface area (Å²) in [6, 6.07) is 9.73. The first-order valence-electron chi connectivity index (χ1n) is 9.54. The summed E-state index contributed by atoms with van der Waals surface area (Å²) in [6.45, 7) is 0.993. The van der Waals surface area contributed by atoms with E-state index in [9.17, 15) is 13.2 Å². The smallest absolute Gasteiger partial charge is 0.248 e. The van der Waals surface area contributed by atoms with Gasteiger partial charge in [0.2, 0.25) is 15.9 Å². The summed E-state index contributed by atoms with van der Waals surface area (Å²) in [5.74, 6) is 1.24. The van der Waals surface area contributed by atoms with Crippen LogP contribution in [0.3, 0.4) is 0 Å². The van der Waals surface area contributed by atoms with Crippen LogP contribution in [0.1, 0.15) is 18.4 Å². The van der Waals surface area contributed by atoms with Crippen molar-refractivity contribution in [2.75, 3.05) is 25.6 Å². The maximum absolute atomic E-state index is 12.4. The summed E-state index contributed by atoms with van der Waals surface area (Å²) in [6.07, 6.45) is 4.66. The average molecular weight is 430 g/mol. The Morgan fingerprint density at radius 2 is 1.87 bits per heavy atom. The Bertz CT molecular complexity index is 1090. The van der Waals surface area contributed by atoms with E-state index in [1.807, 2.05) is 6.07 Å². The minimum absolute atomic E-state index is 0.0101. The molecule has 9 heteroatoms. The molecule has 2 aromatic carbocycles. The molecule has 1 amide bonds. The number of sulfonamides is 1. The molecule has 0 saturated heterocycles. The highest BCUT2D eigenvalue weighted by molar-refractivity contribution is 7.89.